The maximum Gasteiger partial charge on any atom is 0.233 e. The van der Waals surface area contributed by atoms with Gasteiger partial charge in [-0.25, -0.2) is 0 Å². The minimum absolute atomic E-state index is 0.00190. The highest BCUT2D eigenvalue weighted by Gasteiger charge is 2.53. The molecule has 1 saturated heterocycles. The first-order chi connectivity index (χ1) is 6.99. The molecule has 1 aliphatic carbocycles. The quantitative estimate of drug-likeness (QED) is 0.675. The minimum Gasteiger partial charge on any atom is -0.328 e. The molecule has 2 fully saturated rings. The molecule has 1 saturated carbocycles. The van der Waals surface area contributed by atoms with Gasteiger partial charge in [0, 0.05) is 6.54 Å². The average Bonchev–Trinajstić information content (AvgIpc) is 2.72. The number of carbonyl (C=O) groups is 2. The number of imide groups is 1. The minimum atomic E-state index is -0.529. The maximum absolute atomic E-state index is 12.1. The molecular formula is C11H18N2O2. The van der Waals surface area contributed by atoms with Gasteiger partial charge < -0.3 is 5.73 Å². The first-order valence-electron chi connectivity index (χ1n) is 5.57. The van der Waals surface area contributed by atoms with Crippen molar-refractivity contribution in [1.29, 1.82) is 0 Å². The Morgan fingerprint density at radius 3 is 2.13 bits per heavy atom. The van der Waals surface area contributed by atoms with Crippen molar-refractivity contribution in [3.63, 3.8) is 0 Å². The third kappa shape index (κ3) is 1.39. The molecule has 2 unspecified atom stereocenters. The van der Waals surface area contributed by atoms with Gasteiger partial charge in [-0.1, -0.05) is 6.42 Å². The number of nitrogens with zero attached hydrogens (tertiary/aromatic N) is 1. The highest BCUT2D eigenvalue weighted by molar-refractivity contribution is 6.06. The Labute approximate surface area is 89.8 Å². The molecule has 0 aromatic heterocycles. The molecule has 2 amide bonds. The van der Waals surface area contributed by atoms with E-state index in [9.17, 15) is 9.59 Å². The summed E-state index contributed by atoms with van der Waals surface area (Å²) in [5, 5.41) is 0. The molecule has 0 radical (unpaired) electrons. The van der Waals surface area contributed by atoms with Crippen molar-refractivity contribution in [2.45, 2.75) is 38.6 Å². The summed E-state index contributed by atoms with van der Waals surface area (Å²) >= 11 is 0. The summed E-state index contributed by atoms with van der Waals surface area (Å²) in [4.78, 5) is 25.5. The number of fused-ring (bicyclic) bond motifs is 1. The highest BCUT2D eigenvalue weighted by atomic mass is 16.2. The second kappa shape index (κ2) is 3.30. The van der Waals surface area contributed by atoms with Crippen molar-refractivity contribution in [2.24, 2.45) is 17.6 Å². The van der Waals surface area contributed by atoms with Gasteiger partial charge in [-0.15, -0.1) is 0 Å². The second-order valence-corrected chi connectivity index (χ2v) is 5.17. The molecule has 0 spiro atoms. The van der Waals surface area contributed by atoms with Crippen LogP contribution in [0, 0.1) is 11.8 Å². The fraction of sp³-hybridized carbons (Fsp3) is 0.818. The van der Waals surface area contributed by atoms with Gasteiger partial charge in [-0.3, -0.25) is 14.5 Å². The Kier molecular flexibility index (Phi) is 2.34. The second-order valence-electron chi connectivity index (χ2n) is 5.17. The summed E-state index contributed by atoms with van der Waals surface area (Å²) < 4.78 is 0. The number of hydrogen-bond donors (Lipinski definition) is 1. The van der Waals surface area contributed by atoms with Crippen molar-refractivity contribution in [1.82, 2.24) is 4.90 Å². The van der Waals surface area contributed by atoms with E-state index >= 15 is 0 Å². The number of rotatable bonds is 2. The van der Waals surface area contributed by atoms with E-state index in [-0.39, 0.29) is 23.7 Å². The Balaban J connectivity index is 2.29. The fourth-order valence-corrected chi connectivity index (χ4v) is 2.68. The number of likely N-dealkylation sites (tertiary alicyclic amines) is 1. The van der Waals surface area contributed by atoms with Gasteiger partial charge in [0.05, 0.1) is 17.4 Å². The van der Waals surface area contributed by atoms with Crippen molar-refractivity contribution in [3.8, 4) is 0 Å². The van der Waals surface area contributed by atoms with Crippen LogP contribution in [0.25, 0.3) is 0 Å². The maximum atomic E-state index is 12.1. The van der Waals surface area contributed by atoms with Crippen LogP contribution < -0.4 is 5.73 Å². The molecule has 0 aromatic rings. The molecule has 1 aliphatic heterocycles. The monoisotopic (exact) mass is 210 g/mol. The summed E-state index contributed by atoms with van der Waals surface area (Å²) in [6.07, 6.45) is 2.74. The van der Waals surface area contributed by atoms with Crippen LogP contribution in [-0.4, -0.2) is 28.8 Å². The first-order valence-corrected chi connectivity index (χ1v) is 5.57. The van der Waals surface area contributed by atoms with Crippen molar-refractivity contribution < 1.29 is 9.59 Å². The molecule has 2 aliphatic rings. The Morgan fingerprint density at radius 2 is 1.73 bits per heavy atom. The zero-order valence-electron chi connectivity index (χ0n) is 9.32. The van der Waals surface area contributed by atoms with E-state index in [0.29, 0.717) is 6.54 Å². The van der Waals surface area contributed by atoms with Gasteiger partial charge in [-0.05, 0) is 26.7 Å². The molecule has 1 heterocycles. The number of hydrogen-bond acceptors (Lipinski definition) is 3. The van der Waals surface area contributed by atoms with E-state index in [1.54, 1.807) is 0 Å². The van der Waals surface area contributed by atoms with E-state index in [4.69, 9.17) is 5.73 Å². The molecule has 2 atom stereocenters. The summed E-state index contributed by atoms with van der Waals surface area (Å²) in [5.74, 6) is -0.109. The molecule has 2 N–H and O–H groups in total. The van der Waals surface area contributed by atoms with Crippen LogP contribution in [0.1, 0.15) is 33.1 Å². The SMILES string of the molecule is CC(C)(CN)N1C(=O)C2CCCC2C1=O. The third-order valence-corrected chi connectivity index (χ3v) is 3.70. The summed E-state index contributed by atoms with van der Waals surface area (Å²) in [6.45, 7) is 4.03. The number of amides is 2. The summed E-state index contributed by atoms with van der Waals surface area (Å²) in [6, 6.07) is 0. The number of nitrogens with two attached hydrogens (primary N) is 1. The van der Waals surface area contributed by atoms with Gasteiger partial charge in [0.25, 0.3) is 0 Å². The Morgan fingerprint density at radius 1 is 1.27 bits per heavy atom. The predicted molar refractivity (Wildman–Crippen MR) is 55.8 cm³/mol. The topological polar surface area (TPSA) is 63.4 Å². The zero-order chi connectivity index (χ0) is 11.2. The van der Waals surface area contributed by atoms with E-state index in [0.717, 1.165) is 19.3 Å². The molecule has 84 valence electrons. The molecule has 0 aromatic carbocycles. The lowest BCUT2D eigenvalue weighted by Crippen LogP contribution is -2.52. The largest absolute Gasteiger partial charge is 0.328 e. The molecule has 0 bridgehead atoms. The lowest BCUT2D eigenvalue weighted by atomic mass is 10.00. The average molecular weight is 210 g/mol. The first kappa shape index (κ1) is 10.6. The van der Waals surface area contributed by atoms with Crippen molar-refractivity contribution in [3.05, 3.63) is 0 Å². The predicted octanol–water partition coefficient (Wildman–Crippen LogP) is 0.509. The number of carbonyl (C=O) groups excluding carboxylic acids is 2. The van der Waals surface area contributed by atoms with Crippen molar-refractivity contribution >= 4 is 11.8 Å². The van der Waals surface area contributed by atoms with E-state index in [1.807, 2.05) is 13.8 Å². The molecule has 15 heavy (non-hydrogen) atoms. The smallest absolute Gasteiger partial charge is 0.233 e. The van der Waals surface area contributed by atoms with Crippen molar-refractivity contribution in [2.75, 3.05) is 6.54 Å². The normalized spacial score (nSPS) is 31.3. The lowest BCUT2D eigenvalue weighted by molar-refractivity contribution is -0.146. The molecule has 4 heteroatoms. The van der Waals surface area contributed by atoms with Gasteiger partial charge in [0.2, 0.25) is 11.8 Å². The van der Waals surface area contributed by atoms with Gasteiger partial charge in [0.15, 0.2) is 0 Å². The van der Waals surface area contributed by atoms with E-state index in [2.05, 4.69) is 0 Å². The van der Waals surface area contributed by atoms with Crippen LogP contribution in [0.15, 0.2) is 0 Å². The van der Waals surface area contributed by atoms with Crippen LogP contribution in [0.2, 0.25) is 0 Å². The fourth-order valence-electron chi connectivity index (χ4n) is 2.68. The summed E-state index contributed by atoms with van der Waals surface area (Å²) in [7, 11) is 0. The van der Waals surface area contributed by atoms with Crippen LogP contribution in [0.4, 0.5) is 0 Å². The highest BCUT2D eigenvalue weighted by Crippen LogP contribution is 2.41. The van der Waals surface area contributed by atoms with E-state index in [1.165, 1.54) is 4.90 Å². The van der Waals surface area contributed by atoms with E-state index < -0.39 is 5.54 Å². The molecule has 4 nitrogen and oxygen atoms in total. The Bertz CT molecular complexity index is 290. The van der Waals surface area contributed by atoms with Crippen LogP contribution in [0.5, 0.6) is 0 Å². The third-order valence-electron chi connectivity index (χ3n) is 3.70. The Hall–Kier alpha value is -0.900. The lowest BCUT2D eigenvalue weighted by Gasteiger charge is -2.33. The molecular weight excluding hydrogens is 192 g/mol. The summed E-state index contributed by atoms with van der Waals surface area (Å²) in [5.41, 5.74) is 5.09. The zero-order valence-corrected chi connectivity index (χ0v) is 9.32. The van der Waals surface area contributed by atoms with Gasteiger partial charge in [-0.2, -0.15) is 0 Å². The van der Waals surface area contributed by atoms with Gasteiger partial charge >= 0.3 is 0 Å². The van der Waals surface area contributed by atoms with Gasteiger partial charge in [0.1, 0.15) is 0 Å². The standard InChI is InChI=1S/C11H18N2O2/c1-11(2,6-12)13-9(14)7-4-3-5-8(7)10(13)15/h7-8H,3-6,12H2,1-2H3. The van der Waals surface area contributed by atoms with Crippen LogP contribution >= 0.6 is 0 Å². The molecule has 2 rings (SSSR count). The van der Waals surface area contributed by atoms with Crippen LogP contribution in [-0.2, 0) is 9.59 Å². The van der Waals surface area contributed by atoms with Crippen LogP contribution in [0.3, 0.4) is 0 Å².